The number of rotatable bonds is 5. The van der Waals surface area contributed by atoms with Gasteiger partial charge in [0.15, 0.2) is 6.61 Å². The van der Waals surface area contributed by atoms with Crippen molar-refractivity contribution in [2.24, 2.45) is 0 Å². The zero-order valence-corrected chi connectivity index (χ0v) is 12.3. The molecule has 0 saturated carbocycles. The zero-order chi connectivity index (χ0) is 15.2. The van der Waals surface area contributed by atoms with E-state index in [1.807, 2.05) is 24.3 Å². The van der Waals surface area contributed by atoms with Crippen molar-refractivity contribution in [3.8, 4) is 5.75 Å². The van der Waals surface area contributed by atoms with Gasteiger partial charge >= 0.3 is 0 Å². The number of nitrogens with one attached hydrogen (secondary N) is 1. The van der Waals surface area contributed by atoms with Crippen LogP contribution in [0.1, 0.15) is 12.5 Å². The first kappa shape index (κ1) is 15.3. The summed E-state index contributed by atoms with van der Waals surface area (Å²) in [4.78, 5) is 11.7. The van der Waals surface area contributed by atoms with Crippen LogP contribution in [0.2, 0.25) is 5.02 Å². The number of hydrogen-bond acceptors (Lipinski definition) is 2. The van der Waals surface area contributed by atoms with E-state index >= 15 is 0 Å². The van der Waals surface area contributed by atoms with Gasteiger partial charge in [0.1, 0.15) is 11.6 Å². The highest BCUT2D eigenvalue weighted by Crippen LogP contribution is 2.19. The van der Waals surface area contributed by atoms with E-state index in [2.05, 4.69) is 12.2 Å². The van der Waals surface area contributed by atoms with Crippen molar-refractivity contribution in [2.75, 3.05) is 11.9 Å². The SMILES string of the molecule is CCc1ccc(OCC(=O)Nc2ccc(F)c(Cl)c2)cc1. The lowest BCUT2D eigenvalue weighted by Gasteiger charge is -2.08. The Bertz CT molecular complexity index is 629. The van der Waals surface area contributed by atoms with Crippen LogP contribution in [0.3, 0.4) is 0 Å². The van der Waals surface area contributed by atoms with Gasteiger partial charge in [0.2, 0.25) is 0 Å². The topological polar surface area (TPSA) is 38.3 Å². The van der Waals surface area contributed by atoms with Gasteiger partial charge in [0, 0.05) is 5.69 Å². The van der Waals surface area contributed by atoms with Crippen LogP contribution in [0.25, 0.3) is 0 Å². The lowest BCUT2D eigenvalue weighted by atomic mass is 10.2. The second kappa shape index (κ2) is 7.09. The molecule has 0 atom stereocenters. The van der Waals surface area contributed by atoms with Crippen LogP contribution in [0, 0.1) is 5.82 Å². The molecule has 0 aliphatic carbocycles. The third kappa shape index (κ3) is 4.46. The van der Waals surface area contributed by atoms with E-state index in [0.29, 0.717) is 11.4 Å². The van der Waals surface area contributed by atoms with Gasteiger partial charge in [0.05, 0.1) is 5.02 Å². The second-order valence-electron chi connectivity index (χ2n) is 4.46. The molecule has 0 fully saturated rings. The molecule has 0 bridgehead atoms. The molecule has 110 valence electrons. The molecule has 0 unspecified atom stereocenters. The maximum absolute atomic E-state index is 13.0. The molecule has 0 heterocycles. The molecule has 0 spiro atoms. The number of hydrogen-bond donors (Lipinski definition) is 1. The Hall–Kier alpha value is -2.07. The third-order valence-electron chi connectivity index (χ3n) is 2.90. The van der Waals surface area contributed by atoms with Crippen molar-refractivity contribution < 1.29 is 13.9 Å². The van der Waals surface area contributed by atoms with Crippen molar-refractivity contribution in [1.29, 1.82) is 0 Å². The van der Waals surface area contributed by atoms with Crippen molar-refractivity contribution in [3.63, 3.8) is 0 Å². The summed E-state index contributed by atoms with van der Waals surface area (Å²) in [5, 5.41) is 2.55. The lowest BCUT2D eigenvalue weighted by molar-refractivity contribution is -0.118. The van der Waals surface area contributed by atoms with Gasteiger partial charge in [-0.05, 0) is 42.3 Å². The maximum atomic E-state index is 13.0. The smallest absolute Gasteiger partial charge is 0.262 e. The van der Waals surface area contributed by atoms with Crippen molar-refractivity contribution in [3.05, 3.63) is 58.9 Å². The molecule has 0 aliphatic heterocycles. The maximum Gasteiger partial charge on any atom is 0.262 e. The van der Waals surface area contributed by atoms with Crippen LogP contribution in [-0.2, 0) is 11.2 Å². The van der Waals surface area contributed by atoms with E-state index in [-0.39, 0.29) is 17.5 Å². The molecule has 0 radical (unpaired) electrons. The molecule has 2 rings (SSSR count). The quantitative estimate of drug-likeness (QED) is 0.904. The second-order valence-corrected chi connectivity index (χ2v) is 4.87. The Labute approximate surface area is 127 Å². The summed E-state index contributed by atoms with van der Waals surface area (Å²) >= 11 is 5.64. The molecule has 0 saturated heterocycles. The Balaban J connectivity index is 1.87. The number of benzene rings is 2. The average molecular weight is 308 g/mol. The molecular weight excluding hydrogens is 293 g/mol. The van der Waals surface area contributed by atoms with Gasteiger partial charge in [0.25, 0.3) is 5.91 Å². The molecule has 2 aromatic carbocycles. The number of anilines is 1. The van der Waals surface area contributed by atoms with Gasteiger partial charge in [-0.1, -0.05) is 30.7 Å². The number of ether oxygens (including phenoxy) is 1. The summed E-state index contributed by atoms with van der Waals surface area (Å²) in [6.07, 6.45) is 0.950. The summed E-state index contributed by atoms with van der Waals surface area (Å²) in [6.45, 7) is 1.94. The van der Waals surface area contributed by atoms with E-state index in [0.717, 1.165) is 6.42 Å². The summed E-state index contributed by atoms with van der Waals surface area (Å²) in [5.41, 5.74) is 1.63. The number of carbonyl (C=O) groups excluding carboxylic acids is 1. The van der Waals surface area contributed by atoms with E-state index in [1.54, 1.807) is 0 Å². The van der Waals surface area contributed by atoms with Crippen LogP contribution in [0.4, 0.5) is 10.1 Å². The molecule has 5 heteroatoms. The van der Waals surface area contributed by atoms with Gasteiger partial charge in [-0.25, -0.2) is 4.39 Å². The third-order valence-corrected chi connectivity index (χ3v) is 3.19. The number of halogens is 2. The van der Waals surface area contributed by atoms with Crippen molar-refractivity contribution in [2.45, 2.75) is 13.3 Å². The van der Waals surface area contributed by atoms with Crippen LogP contribution in [-0.4, -0.2) is 12.5 Å². The monoisotopic (exact) mass is 307 g/mol. The lowest BCUT2D eigenvalue weighted by Crippen LogP contribution is -2.20. The van der Waals surface area contributed by atoms with E-state index < -0.39 is 5.82 Å². The fraction of sp³-hybridized carbons (Fsp3) is 0.188. The van der Waals surface area contributed by atoms with E-state index in [9.17, 15) is 9.18 Å². The number of carbonyl (C=O) groups is 1. The summed E-state index contributed by atoms with van der Waals surface area (Å²) in [6, 6.07) is 11.5. The van der Waals surface area contributed by atoms with Gasteiger partial charge in [-0.15, -0.1) is 0 Å². The van der Waals surface area contributed by atoms with Crippen LogP contribution in [0.15, 0.2) is 42.5 Å². The Kier molecular flexibility index (Phi) is 5.17. The molecule has 3 nitrogen and oxygen atoms in total. The zero-order valence-electron chi connectivity index (χ0n) is 11.5. The van der Waals surface area contributed by atoms with Crippen LogP contribution < -0.4 is 10.1 Å². The standard InChI is InChI=1S/C16H15ClFNO2/c1-2-11-3-6-13(7-4-11)21-10-16(20)19-12-5-8-15(18)14(17)9-12/h3-9H,2,10H2,1H3,(H,19,20). The van der Waals surface area contributed by atoms with Gasteiger partial charge in [-0.3, -0.25) is 4.79 Å². The van der Waals surface area contributed by atoms with Crippen LogP contribution >= 0.6 is 11.6 Å². The molecule has 1 amide bonds. The number of aryl methyl sites for hydroxylation is 1. The fourth-order valence-corrected chi connectivity index (χ4v) is 1.92. The fourth-order valence-electron chi connectivity index (χ4n) is 1.74. The first-order chi connectivity index (χ1) is 10.1. The highest BCUT2D eigenvalue weighted by Gasteiger charge is 2.06. The van der Waals surface area contributed by atoms with Gasteiger partial charge in [-0.2, -0.15) is 0 Å². The van der Waals surface area contributed by atoms with Crippen molar-refractivity contribution >= 4 is 23.2 Å². The minimum Gasteiger partial charge on any atom is -0.484 e. The number of amides is 1. The summed E-state index contributed by atoms with van der Waals surface area (Å²) in [7, 11) is 0. The first-order valence-electron chi connectivity index (χ1n) is 6.55. The summed E-state index contributed by atoms with van der Waals surface area (Å²) in [5.74, 6) is -0.237. The molecule has 21 heavy (non-hydrogen) atoms. The average Bonchev–Trinajstić information content (AvgIpc) is 2.49. The van der Waals surface area contributed by atoms with Gasteiger partial charge < -0.3 is 10.1 Å². The predicted octanol–water partition coefficient (Wildman–Crippen LogP) is 4.06. The molecule has 0 aliphatic rings. The highest BCUT2D eigenvalue weighted by atomic mass is 35.5. The predicted molar refractivity (Wildman–Crippen MR) is 81.4 cm³/mol. The minimum atomic E-state index is -0.526. The molecular formula is C16H15ClFNO2. The minimum absolute atomic E-state index is 0.0381. The summed E-state index contributed by atoms with van der Waals surface area (Å²) < 4.78 is 18.4. The van der Waals surface area contributed by atoms with E-state index in [4.69, 9.17) is 16.3 Å². The normalized spacial score (nSPS) is 10.2. The molecule has 1 N–H and O–H groups in total. The van der Waals surface area contributed by atoms with Crippen LogP contribution in [0.5, 0.6) is 5.75 Å². The Morgan fingerprint density at radius 2 is 1.95 bits per heavy atom. The van der Waals surface area contributed by atoms with Crippen molar-refractivity contribution in [1.82, 2.24) is 0 Å². The molecule has 0 aromatic heterocycles. The highest BCUT2D eigenvalue weighted by molar-refractivity contribution is 6.31. The largest absolute Gasteiger partial charge is 0.484 e. The molecule has 2 aromatic rings. The Morgan fingerprint density at radius 3 is 2.57 bits per heavy atom. The van der Waals surface area contributed by atoms with E-state index in [1.165, 1.54) is 23.8 Å². The Morgan fingerprint density at radius 1 is 1.24 bits per heavy atom. The first-order valence-corrected chi connectivity index (χ1v) is 6.93.